The summed E-state index contributed by atoms with van der Waals surface area (Å²) in [6.07, 6.45) is -2.31. The maximum absolute atomic E-state index is 12.3. The normalized spacial score (nSPS) is 14.4. The highest BCUT2D eigenvalue weighted by atomic mass is 19.1. The Morgan fingerprint density at radius 3 is 2.47 bits per heavy atom. The van der Waals surface area contributed by atoms with Crippen molar-refractivity contribution >= 4 is 5.97 Å². The molecule has 1 heterocycles. The molecule has 0 amide bonds. The number of nitrogens with zero attached hydrogens (tertiary/aromatic N) is 2. The van der Waals surface area contributed by atoms with Gasteiger partial charge in [0.1, 0.15) is 6.10 Å². The van der Waals surface area contributed by atoms with Crippen molar-refractivity contribution in [3.05, 3.63) is 24.0 Å². The lowest BCUT2D eigenvalue weighted by molar-refractivity contribution is -0.156. The topological polar surface area (TPSA) is 92.5 Å². The summed E-state index contributed by atoms with van der Waals surface area (Å²) in [4.78, 5) is 17.2. The smallest absolute Gasteiger partial charge is 0.337 e. The van der Waals surface area contributed by atoms with Gasteiger partial charge < -0.3 is 14.9 Å². The molecule has 15 heavy (non-hydrogen) atoms. The van der Waals surface area contributed by atoms with Crippen LogP contribution < -0.4 is 0 Å². The fraction of sp³-hybridized carbons (Fsp3) is 0.375. The quantitative estimate of drug-likeness (QED) is 0.506. The number of methoxy groups -OCH3 is 1. The van der Waals surface area contributed by atoms with Crippen LogP contribution in [0.3, 0.4) is 0 Å². The van der Waals surface area contributed by atoms with Gasteiger partial charge in [-0.15, -0.1) is 0 Å². The molecule has 0 radical (unpaired) electrons. The number of aromatic nitrogens is 2. The summed E-state index contributed by atoms with van der Waals surface area (Å²) in [5.41, 5.74) is 0.0225. The third-order valence-corrected chi connectivity index (χ3v) is 1.72. The van der Waals surface area contributed by atoms with E-state index in [0.717, 1.165) is 19.5 Å². The van der Waals surface area contributed by atoms with Crippen molar-refractivity contribution in [2.45, 2.75) is 12.2 Å². The second-order valence-corrected chi connectivity index (χ2v) is 2.70. The van der Waals surface area contributed by atoms with E-state index in [9.17, 15) is 19.4 Å². The highest BCUT2D eigenvalue weighted by Gasteiger charge is 2.26. The molecule has 0 aliphatic heterocycles. The molecular formula is C8H9FN2O4. The second kappa shape index (κ2) is 4.76. The molecule has 0 aliphatic carbocycles. The molecule has 0 aliphatic rings. The van der Waals surface area contributed by atoms with Gasteiger partial charge in [-0.05, 0) is 0 Å². The summed E-state index contributed by atoms with van der Waals surface area (Å²) in [6, 6.07) is 0. The molecule has 1 aromatic rings. The molecule has 0 saturated carbocycles. The van der Waals surface area contributed by atoms with Crippen LogP contribution >= 0.6 is 0 Å². The van der Waals surface area contributed by atoms with Crippen molar-refractivity contribution in [2.75, 3.05) is 7.11 Å². The Balaban J connectivity index is 2.80. The standard InChI is InChI=1S/C8H9FN2O4/c1-15-7(14)6(13)5(12)4-2-10-8(9)11-3-4/h2-3,5-6,12-13H,1H3. The maximum Gasteiger partial charge on any atom is 0.337 e. The van der Waals surface area contributed by atoms with Crippen molar-refractivity contribution in [1.29, 1.82) is 0 Å². The van der Waals surface area contributed by atoms with E-state index in [-0.39, 0.29) is 5.56 Å². The van der Waals surface area contributed by atoms with Crippen LogP contribution in [0.5, 0.6) is 0 Å². The molecule has 0 bridgehead atoms. The number of esters is 1. The number of halogens is 1. The molecule has 0 fully saturated rings. The van der Waals surface area contributed by atoms with E-state index in [4.69, 9.17) is 0 Å². The molecule has 2 N–H and O–H groups in total. The van der Waals surface area contributed by atoms with Crippen LogP contribution in [-0.2, 0) is 9.53 Å². The Labute approximate surface area is 84.4 Å². The number of ether oxygens (including phenoxy) is 1. The second-order valence-electron chi connectivity index (χ2n) is 2.70. The zero-order chi connectivity index (χ0) is 11.4. The third-order valence-electron chi connectivity index (χ3n) is 1.72. The highest BCUT2D eigenvalue weighted by Crippen LogP contribution is 2.15. The minimum absolute atomic E-state index is 0.0225. The first kappa shape index (κ1) is 11.5. The van der Waals surface area contributed by atoms with Gasteiger partial charge in [0.25, 0.3) is 0 Å². The summed E-state index contributed by atoms with van der Waals surface area (Å²) < 4.78 is 16.5. The minimum atomic E-state index is -1.75. The average molecular weight is 216 g/mol. The summed E-state index contributed by atoms with van der Waals surface area (Å²) >= 11 is 0. The Kier molecular flexibility index (Phi) is 3.64. The van der Waals surface area contributed by atoms with Crippen LogP contribution in [0.15, 0.2) is 12.4 Å². The van der Waals surface area contributed by atoms with Gasteiger partial charge in [-0.1, -0.05) is 0 Å². The first-order chi connectivity index (χ1) is 7.06. The van der Waals surface area contributed by atoms with Crippen LogP contribution in [0.2, 0.25) is 0 Å². The fourth-order valence-corrected chi connectivity index (χ4v) is 0.907. The molecule has 1 rings (SSSR count). The summed E-state index contributed by atoms with van der Waals surface area (Å²) in [5, 5.41) is 18.7. The van der Waals surface area contributed by atoms with Gasteiger partial charge in [-0.3, -0.25) is 0 Å². The van der Waals surface area contributed by atoms with Crippen molar-refractivity contribution in [1.82, 2.24) is 9.97 Å². The monoisotopic (exact) mass is 216 g/mol. The highest BCUT2D eigenvalue weighted by molar-refractivity contribution is 5.75. The van der Waals surface area contributed by atoms with Crippen molar-refractivity contribution in [3.63, 3.8) is 0 Å². The van der Waals surface area contributed by atoms with Crippen LogP contribution in [0.4, 0.5) is 4.39 Å². The Morgan fingerprint density at radius 1 is 1.47 bits per heavy atom. The first-order valence-electron chi connectivity index (χ1n) is 3.97. The SMILES string of the molecule is COC(=O)C(O)C(O)c1cnc(F)nc1. The largest absolute Gasteiger partial charge is 0.467 e. The number of rotatable bonds is 3. The van der Waals surface area contributed by atoms with Gasteiger partial charge in [-0.25, -0.2) is 14.8 Å². The maximum atomic E-state index is 12.3. The summed E-state index contributed by atoms with van der Waals surface area (Å²) in [6.45, 7) is 0. The number of carbonyl (C=O) groups is 1. The van der Waals surface area contributed by atoms with Gasteiger partial charge in [0.05, 0.1) is 7.11 Å². The molecule has 1 aromatic heterocycles. The van der Waals surface area contributed by atoms with Crippen molar-refractivity contribution in [2.24, 2.45) is 0 Å². The Bertz CT molecular complexity index is 343. The molecule has 0 aromatic carbocycles. The van der Waals surface area contributed by atoms with E-state index in [1.54, 1.807) is 0 Å². The molecule has 0 spiro atoms. The van der Waals surface area contributed by atoms with Gasteiger partial charge >= 0.3 is 12.0 Å². The van der Waals surface area contributed by atoms with Gasteiger partial charge in [0, 0.05) is 18.0 Å². The van der Waals surface area contributed by atoms with Gasteiger partial charge in [0.2, 0.25) is 0 Å². The van der Waals surface area contributed by atoms with Gasteiger partial charge in [0.15, 0.2) is 6.10 Å². The zero-order valence-corrected chi connectivity index (χ0v) is 7.79. The summed E-state index contributed by atoms with van der Waals surface area (Å²) in [7, 11) is 1.07. The Morgan fingerprint density at radius 2 is 2.00 bits per heavy atom. The van der Waals surface area contributed by atoms with Crippen LogP contribution in [0.25, 0.3) is 0 Å². The molecule has 2 atom stereocenters. The number of carbonyl (C=O) groups excluding carboxylic acids is 1. The van der Waals surface area contributed by atoms with Crippen LogP contribution in [-0.4, -0.2) is 39.4 Å². The van der Waals surface area contributed by atoms with Gasteiger partial charge in [-0.2, -0.15) is 4.39 Å². The predicted octanol–water partition coefficient (Wildman–Crippen LogP) is -0.817. The molecule has 6 nitrogen and oxygen atoms in total. The summed E-state index contributed by atoms with van der Waals surface area (Å²) in [5.74, 6) is -0.994. The Hall–Kier alpha value is -1.60. The van der Waals surface area contributed by atoms with Crippen LogP contribution in [0.1, 0.15) is 11.7 Å². The van der Waals surface area contributed by atoms with E-state index in [0.29, 0.717) is 0 Å². The lowest BCUT2D eigenvalue weighted by atomic mass is 10.1. The molecule has 82 valence electrons. The van der Waals surface area contributed by atoms with Crippen molar-refractivity contribution in [3.8, 4) is 0 Å². The first-order valence-corrected chi connectivity index (χ1v) is 3.97. The van der Waals surface area contributed by atoms with Crippen LogP contribution in [0, 0.1) is 6.08 Å². The number of hydrogen-bond acceptors (Lipinski definition) is 6. The predicted molar refractivity (Wildman–Crippen MR) is 45.0 cm³/mol. The number of aliphatic hydroxyl groups excluding tert-OH is 2. The number of aliphatic hydroxyl groups is 2. The molecule has 2 unspecified atom stereocenters. The van der Waals surface area contributed by atoms with E-state index in [1.807, 2.05) is 0 Å². The molecule has 0 saturated heterocycles. The lowest BCUT2D eigenvalue weighted by Crippen LogP contribution is -2.29. The molecule has 7 heteroatoms. The van der Waals surface area contributed by atoms with E-state index in [2.05, 4.69) is 14.7 Å². The molecular weight excluding hydrogens is 207 g/mol. The fourth-order valence-electron chi connectivity index (χ4n) is 0.907. The van der Waals surface area contributed by atoms with E-state index in [1.165, 1.54) is 0 Å². The minimum Gasteiger partial charge on any atom is -0.467 e. The van der Waals surface area contributed by atoms with Crippen molar-refractivity contribution < 1.29 is 24.1 Å². The zero-order valence-electron chi connectivity index (χ0n) is 7.79. The van der Waals surface area contributed by atoms with E-state index < -0.39 is 24.3 Å². The number of hydrogen-bond donors (Lipinski definition) is 2. The average Bonchev–Trinajstić information content (AvgIpc) is 2.27. The lowest BCUT2D eigenvalue weighted by Gasteiger charge is -2.14. The third kappa shape index (κ3) is 2.67. The van der Waals surface area contributed by atoms with E-state index >= 15 is 0 Å².